The Labute approximate surface area is 213 Å². The van der Waals surface area contributed by atoms with Crippen LogP contribution in [0.15, 0.2) is 54.6 Å². The minimum atomic E-state index is -0.334. The molecule has 0 aromatic heterocycles. The maximum absolute atomic E-state index is 13.0. The van der Waals surface area contributed by atoms with E-state index >= 15 is 0 Å². The average molecular weight is 492 g/mol. The van der Waals surface area contributed by atoms with Crippen LogP contribution in [-0.2, 0) is 10.2 Å². The summed E-state index contributed by atoms with van der Waals surface area (Å²) in [5.74, 6) is 1.41. The molecule has 1 unspecified atom stereocenters. The fourth-order valence-corrected chi connectivity index (χ4v) is 4.43. The molecule has 0 spiro atoms. The van der Waals surface area contributed by atoms with Crippen molar-refractivity contribution in [2.24, 2.45) is 0 Å². The van der Waals surface area contributed by atoms with Crippen LogP contribution in [0.25, 0.3) is 10.8 Å². The predicted octanol–water partition coefficient (Wildman–Crippen LogP) is 5.89. The van der Waals surface area contributed by atoms with Crippen LogP contribution in [-0.4, -0.2) is 57.0 Å². The van der Waals surface area contributed by atoms with Crippen molar-refractivity contribution in [1.29, 1.82) is 0 Å². The first-order valence-corrected chi connectivity index (χ1v) is 12.5. The Hall–Kier alpha value is -3.29. The normalized spacial score (nSPS) is 15.4. The van der Waals surface area contributed by atoms with Gasteiger partial charge in [0, 0.05) is 30.4 Å². The Morgan fingerprint density at radius 1 is 0.972 bits per heavy atom. The first-order chi connectivity index (χ1) is 17.2. The second-order valence-corrected chi connectivity index (χ2v) is 10.2. The van der Waals surface area contributed by atoms with E-state index in [9.17, 15) is 4.79 Å². The largest absolute Gasteiger partial charge is 0.495 e. The molecule has 7 heteroatoms. The van der Waals surface area contributed by atoms with Gasteiger partial charge in [-0.15, -0.1) is 0 Å². The lowest BCUT2D eigenvalue weighted by Gasteiger charge is -2.29. The molecule has 0 saturated carbocycles. The number of ether oxygens (including phenoxy) is 3. The molecule has 3 aromatic rings. The maximum atomic E-state index is 13.0. The van der Waals surface area contributed by atoms with E-state index in [1.54, 1.807) is 7.11 Å². The molecule has 1 saturated heterocycles. The van der Waals surface area contributed by atoms with Gasteiger partial charge >= 0.3 is 6.03 Å². The second kappa shape index (κ2) is 11.2. The number of benzene rings is 3. The Bertz CT molecular complexity index is 1200. The number of amides is 2. The molecule has 1 heterocycles. The van der Waals surface area contributed by atoms with E-state index in [2.05, 4.69) is 43.2 Å². The lowest BCUT2D eigenvalue weighted by atomic mass is 9.87. The number of nitrogens with zero attached hydrogens (tertiary/aromatic N) is 1. The standard InChI is InChI=1S/C29H37N3O4/c1-20(19-32-14-16-35-17-15-32)36-26-13-11-24(22-8-6-7-9-23(22)26)30-28(33)31-25-18-21(29(2,3)4)10-12-27(25)34-5/h6-13,18,20H,14-17,19H2,1-5H3,(H2,30,31,33). The fraction of sp³-hybridized carbons (Fsp3) is 0.414. The highest BCUT2D eigenvalue weighted by molar-refractivity contribution is 6.08. The summed E-state index contributed by atoms with van der Waals surface area (Å²) in [5, 5.41) is 7.83. The van der Waals surface area contributed by atoms with Crippen LogP contribution >= 0.6 is 0 Å². The van der Waals surface area contributed by atoms with Gasteiger partial charge in [0.1, 0.15) is 17.6 Å². The van der Waals surface area contributed by atoms with Crippen molar-refractivity contribution in [2.75, 3.05) is 50.6 Å². The predicted molar refractivity (Wildman–Crippen MR) is 146 cm³/mol. The number of carbonyl (C=O) groups excluding carboxylic acids is 1. The number of rotatable bonds is 7. The quantitative estimate of drug-likeness (QED) is 0.431. The summed E-state index contributed by atoms with van der Waals surface area (Å²) in [6, 6.07) is 17.3. The van der Waals surface area contributed by atoms with Gasteiger partial charge in [-0.1, -0.05) is 51.1 Å². The van der Waals surface area contributed by atoms with Gasteiger partial charge in [-0.05, 0) is 42.2 Å². The van der Waals surface area contributed by atoms with Gasteiger partial charge in [0.2, 0.25) is 0 Å². The average Bonchev–Trinajstić information content (AvgIpc) is 2.85. The van der Waals surface area contributed by atoms with Gasteiger partial charge < -0.3 is 24.8 Å². The number of carbonyl (C=O) groups is 1. The van der Waals surface area contributed by atoms with Crippen molar-refractivity contribution in [1.82, 2.24) is 4.90 Å². The van der Waals surface area contributed by atoms with E-state index in [0.29, 0.717) is 17.1 Å². The van der Waals surface area contributed by atoms with Crippen molar-refractivity contribution < 1.29 is 19.0 Å². The zero-order chi connectivity index (χ0) is 25.7. The summed E-state index contributed by atoms with van der Waals surface area (Å²) in [7, 11) is 1.60. The van der Waals surface area contributed by atoms with E-state index in [1.165, 1.54) is 0 Å². The lowest BCUT2D eigenvalue weighted by molar-refractivity contribution is 0.0220. The van der Waals surface area contributed by atoms with Crippen LogP contribution in [0.4, 0.5) is 16.2 Å². The van der Waals surface area contributed by atoms with Crippen molar-refractivity contribution in [3.8, 4) is 11.5 Å². The molecule has 0 radical (unpaired) electrons. The molecule has 2 amide bonds. The van der Waals surface area contributed by atoms with E-state index in [0.717, 1.165) is 54.9 Å². The van der Waals surface area contributed by atoms with Crippen LogP contribution in [0.1, 0.15) is 33.3 Å². The van der Waals surface area contributed by atoms with Crippen LogP contribution in [0, 0.1) is 0 Å². The van der Waals surface area contributed by atoms with E-state index < -0.39 is 0 Å². The highest BCUT2D eigenvalue weighted by Gasteiger charge is 2.19. The molecule has 0 bridgehead atoms. The van der Waals surface area contributed by atoms with Crippen LogP contribution in [0.5, 0.6) is 11.5 Å². The molecule has 1 aliphatic rings. The van der Waals surface area contributed by atoms with Crippen LogP contribution in [0.3, 0.4) is 0 Å². The summed E-state index contributed by atoms with van der Waals surface area (Å²) in [5.41, 5.74) is 2.40. The SMILES string of the molecule is COc1ccc(C(C)(C)C)cc1NC(=O)Nc1ccc(OC(C)CN2CCOCC2)c2ccccc12. The molecule has 192 valence electrons. The molecule has 1 atom stereocenters. The number of hydrogen-bond acceptors (Lipinski definition) is 5. The minimum Gasteiger partial charge on any atom is -0.495 e. The van der Waals surface area contributed by atoms with Gasteiger partial charge in [-0.3, -0.25) is 4.90 Å². The highest BCUT2D eigenvalue weighted by Crippen LogP contribution is 2.34. The zero-order valence-electron chi connectivity index (χ0n) is 21.9. The number of anilines is 2. The van der Waals surface area contributed by atoms with Crippen molar-refractivity contribution in [2.45, 2.75) is 39.2 Å². The molecule has 4 rings (SSSR count). The smallest absolute Gasteiger partial charge is 0.323 e. The fourth-order valence-electron chi connectivity index (χ4n) is 4.43. The van der Waals surface area contributed by atoms with E-state index in [1.807, 2.05) is 54.6 Å². The third-order valence-corrected chi connectivity index (χ3v) is 6.39. The molecule has 1 fully saturated rings. The summed E-state index contributed by atoms with van der Waals surface area (Å²) >= 11 is 0. The molecular weight excluding hydrogens is 454 g/mol. The molecule has 1 aliphatic heterocycles. The Kier molecular flexibility index (Phi) is 8.01. The van der Waals surface area contributed by atoms with Gasteiger partial charge in [0.05, 0.1) is 31.7 Å². The molecular formula is C29H37N3O4. The number of morpholine rings is 1. The van der Waals surface area contributed by atoms with Gasteiger partial charge in [0.25, 0.3) is 0 Å². The third-order valence-electron chi connectivity index (χ3n) is 6.39. The summed E-state index contributed by atoms with van der Waals surface area (Å²) in [6.07, 6.45) is 0.0242. The van der Waals surface area contributed by atoms with Crippen molar-refractivity contribution in [3.05, 3.63) is 60.2 Å². The van der Waals surface area contributed by atoms with Crippen molar-refractivity contribution in [3.63, 3.8) is 0 Å². The maximum Gasteiger partial charge on any atom is 0.323 e. The number of hydrogen-bond donors (Lipinski definition) is 2. The second-order valence-electron chi connectivity index (χ2n) is 10.2. The lowest BCUT2D eigenvalue weighted by Crippen LogP contribution is -2.41. The van der Waals surface area contributed by atoms with Crippen LogP contribution in [0.2, 0.25) is 0 Å². The number of fused-ring (bicyclic) bond motifs is 1. The van der Waals surface area contributed by atoms with Gasteiger partial charge in [-0.25, -0.2) is 4.79 Å². The topological polar surface area (TPSA) is 72.1 Å². The Balaban J connectivity index is 1.50. The Morgan fingerprint density at radius 3 is 2.33 bits per heavy atom. The van der Waals surface area contributed by atoms with E-state index in [4.69, 9.17) is 14.2 Å². The first-order valence-electron chi connectivity index (χ1n) is 12.5. The third kappa shape index (κ3) is 6.28. The number of nitrogens with one attached hydrogen (secondary N) is 2. The summed E-state index contributed by atoms with van der Waals surface area (Å²) in [6.45, 7) is 12.7. The molecule has 3 aromatic carbocycles. The summed E-state index contributed by atoms with van der Waals surface area (Å²) in [4.78, 5) is 15.4. The molecule has 36 heavy (non-hydrogen) atoms. The summed E-state index contributed by atoms with van der Waals surface area (Å²) < 4.78 is 17.2. The first kappa shape index (κ1) is 25.8. The van der Waals surface area contributed by atoms with E-state index in [-0.39, 0.29) is 17.6 Å². The highest BCUT2D eigenvalue weighted by atomic mass is 16.5. The molecule has 7 nitrogen and oxygen atoms in total. The Morgan fingerprint density at radius 2 is 1.64 bits per heavy atom. The van der Waals surface area contributed by atoms with Crippen LogP contribution < -0.4 is 20.1 Å². The van der Waals surface area contributed by atoms with Crippen molar-refractivity contribution >= 4 is 28.2 Å². The molecule has 2 N–H and O–H groups in total. The van der Waals surface area contributed by atoms with Gasteiger partial charge in [-0.2, -0.15) is 0 Å². The number of urea groups is 1. The monoisotopic (exact) mass is 491 g/mol. The van der Waals surface area contributed by atoms with Gasteiger partial charge in [0.15, 0.2) is 0 Å². The zero-order valence-corrected chi connectivity index (χ0v) is 21.9. The molecule has 0 aliphatic carbocycles. The minimum absolute atomic E-state index is 0.0242. The number of methoxy groups -OCH3 is 1.